The molecule has 0 bridgehead atoms. The van der Waals surface area contributed by atoms with Crippen LogP contribution in [0.4, 0.5) is 14.6 Å². The third kappa shape index (κ3) is 11.2. The SMILES string of the molecule is CC(C)(C)[Si](C)(C)OC[C@H]1O[C@@H](n2ccc(NC(=O)CCC(=O)OCC#CCOc3no[n+]([O-])c3S(=O)(=O)c3ccccc3)nc2=O)C(F)(F)[C@@H]1O[Si](C)(C)C(C)(C)C. The van der Waals surface area contributed by atoms with Gasteiger partial charge in [0.1, 0.15) is 18.0 Å². The van der Waals surface area contributed by atoms with Crippen LogP contribution in [-0.2, 0) is 37.8 Å². The molecule has 0 spiro atoms. The van der Waals surface area contributed by atoms with Crippen LogP contribution < -0.4 is 20.6 Å². The molecule has 1 aliphatic heterocycles. The molecule has 0 radical (unpaired) electrons. The van der Waals surface area contributed by atoms with Gasteiger partial charge < -0.3 is 33.6 Å². The van der Waals surface area contributed by atoms with Crippen molar-refractivity contribution in [2.45, 2.75) is 125 Å². The van der Waals surface area contributed by atoms with E-state index in [1.165, 1.54) is 24.3 Å². The zero-order chi connectivity index (χ0) is 44.2. The lowest BCUT2D eigenvalue weighted by Gasteiger charge is -2.41. The number of ether oxygens (including phenoxy) is 3. The Kier molecular flexibility index (Phi) is 14.4. The number of benzene rings is 1. The van der Waals surface area contributed by atoms with Gasteiger partial charge in [-0.25, -0.2) is 13.2 Å². The summed E-state index contributed by atoms with van der Waals surface area (Å²) < 4.78 is 92.0. The fourth-order valence-corrected chi connectivity index (χ4v) is 8.57. The van der Waals surface area contributed by atoms with Gasteiger partial charge in [-0.2, -0.15) is 13.8 Å². The van der Waals surface area contributed by atoms with Gasteiger partial charge >= 0.3 is 28.5 Å². The normalized spacial score (nSPS) is 18.5. The van der Waals surface area contributed by atoms with Gasteiger partial charge in [0.15, 0.2) is 29.8 Å². The number of halogens is 2. The van der Waals surface area contributed by atoms with Crippen molar-refractivity contribution < 1.29 is 59.4 Å². The maximum atomic E-state index is 16.4. The number of aromatic nitrogens is 4. The topological polar surface area (TPSA) is 214 Å². The summed E-state index contributed by atoms with van der Waals surface area (Å²) in [5.74, 6) is -1.12. The summed E-state index contributed by atoms with van der Waals surface area (Å²) in [5.41, 5.74) is -1.11. The minimum atomic E-state index is -4.32. The van der Waals surface area contributed by atoms with E-state index in [-0.39, 0.29) is 40.1 Å². The number of alkyl halides is 2. The first-order valence-electron chi connectivity index (χ1n) is 18.6. The van der Waals surface area contributed by atoms with Crippen LogP contribution in [0.3, 0.4) is 0 Å². The summed E-state index contributed by atoms with van der Waals surface area (Å²) in [7, 11) is -9.48. The highest BCUT2D eigenvalue weighted by molar-refractivity contribution is 7.91. The molecule has 1 amide bonds. The average molecular weight is 884 g/mol. The van der Waals surface area contributed by atoms with Gasteiger partial charge in [0.05, 0.1) is 23.1 Å². The monoisotopic (exact) mass is 883 g/mol. The number of anilines is 1. The third-order valence-electron chi connectivity index (χ3n) is 10.5. The van der Waals surface area contributed by atoms with E-state index in [9.17, 15) is 28.0 Å². The van der Waals surface area contributed by atoms with E-state index in [1.807, 2.05) is 67.7 Å². The molecule has 22 heteroatoms. The van der Waals surface area contributed by atoms with Gasteiger partial charge in [-0.05, 0) is 59.4 Å². The number of hydrogen-bond acceptors (Lipinski definition) is 14. The standard InChI is InChI=1S/C37H51F2N5O12SSi2/c1-35(2,3)58(7,8)53-24-26-30(55-59(9,10)36(4,5)6)37(38,39)33(54-26)43-21-20-27(41-34(43)47)40-28(45)18-19-29(46)51-22-14-15-23-52-31-32(44(48)56-42-31)57(49,50)25-16-12-11-13-17-25/h11-13,16-17,20-21,26,30,33H,18-19,22-24H2,1-10H3,(H,40,41,45,47)/t26-,30-,33-/m1/s1. The van der Waals surface area contributed by atoms with Crippen molar-refractivity contribution in [1.82, 2.24) is 14.7 Å². The fraction of sp³-hybridized carbons (Fsp3) is 0.568. The van der Waals surface area contributed by atoms with Crippen molar-refractivity contribution in [2.75, 3.05) is 25.1 Å². The Morgan fingerprint density at radius 3 is 2.24 bits per heavy atom. The van der Waals surface area contributed by atoms with Crippen molar-refractivity contribution in [3.63, 3.8) is 0 Å². The molecule has 324 valence electrons. The Labute approximate surface area is 343 Å². The minimum absolute atomic E-state index is 0.167. The molecule has 17 nitrogen and oxygen atoms in total. The van der Waals surface area contributed by atoms with Gasteiger partial charge in [0, 0.05) is 12.6 Å². The van der Waals surface area contributed by atoms with E-state index in [2.05, 4.69) is 31.9 Å². The molecule has 0 unspecified atom stereocenters. The van der Waals surface area contributed by atoms with Gasteiger partial charge in [0.25, 0.3) is 9.84 Å². The molecule has 2 aromatic heterocycles. The molecule has 0 saturated carbocycles. The summed E-state index contributed by atoms with van der Waals surface area (Å²) in [5, 5.41) is 16.2. The number of carbonyl (C=O) groups is 2. The Morgan fingerprint density at radius 1 is 1.00 bits per heavy atom. The van der Waals surface area contributed by atoms with Crippen LogP contribution in [-0.4, -0.2) is 89.6 Å². The summed E-state index contributed by atoms with van der Waals surface area (Å²) >= 11 is 0. The first-order chi connectivity index (χ1) is 27.2. The lowest BCUT2D eigenvalue weighted by atomic mass is 10.1. The molecule has 3 heterocycles. The Morgan fingerprint density at radius 2 is 1.63 bits per heavy atom. The molecule has 1 saturated heterocycles. The Balaban J connectivity index is 1.32. The van der Waals surface area contributed by atoms with Crippen LogP contribution in [0.2, 0.25) is 36.3 Å². The maximum absolute atomic E-state index is 16.4. The lowest BCUT2D eigenvalue weighted by molar-refractivity contribution is -0.832. The van der Waals surface area contributed by atoms with Crippen LogP contribution in [0, 0.1) is 17.0 Å². The van der Waals surface area contributed by atoms with Crippen LogP contribution in [0.1, 0.15) is 60.6 Å². The highest BCUT2D eigenvalue weighted by Gasteiger charge is 2.63. The summed E-state index contributed by atoms with van der Waals surface area (Å²) in [6, 6.07) is 8.25. The molecule has 4 rings (SSSR count). The predicted molar refractivity (Wildman–Crippen MR) is 212 cm³/mol. The van der Waals surface area contributed by atoms with Crippen molar-refractivity contribution in [2.24, 2.45) is 0 Å². The lowest BCUT2D eigenvalue weighted by Crippen LogP contribution is -2.53. The van der Waals surface area contributed by atoms with Crippen molar-refractivity contribution >= 4 is 44.2 Å². The number of rotatable bonds is 15. The van der Waals surface area contributed by atoms with Crippen molar-refractivity contribution in [3.8, 4) is 17.7 Å². The number of hydrogen-bond donors (Lipinski definition) is 1. The van der Waals surface area contributed by atoms with Crippen molar-refractivity contribution in [3.05, 3.63) is 58.3 Å². The summed E-state index contributed by atoms with van der Waals surface area (Å²) in [6.07, 6.45) is -4.71. The number of sulfone groups is 1. The first kappa shape index (κ1) is 47.1. The maximum Gasteiger partial charge on any atom is 0.415 e. The van der Waals surface area contributed by atoms with Gasteiger partial charge in [-0.1, -0.05) is 71.6 Å². The fourth-order valence-electron chi connectivity index (χ4n) is 4.97. The molecule has 1 aromatic carbocycles. The second-order valence-electron chi connectivity index (χ2n) is 16.8. The van der Waals surface area contributed by atoms with E-state index in [0.717, 1.165) is 12.3 Å². The van der Waals surface area contributed by atoms with E-state index >= 15 is 8.78 Å². The molecular formula is C37H51F2N5O12SSi2. The van der Waals surface area contributed by atoms with E-state index in [1.54, 1.807) is 6.07 Å². The second kappa shape index (κ2) is 18.0. The average Bonchev–Trinajstić information content (AvgIpc) is 3.62. The molecule has 1 aliphatic rings. The number of amides is 1. The molecule has 59 heavy (non-hydrogen) atoms. The quantitative estimate of drug-likeness (QED) is 0.0922. The molecule has 3 atom stereocenters. The Hall–Kier alpha value is -4.54. The predicted octanol–water partition coefficient (Wildman–Crippen LogP) is 4.99. The molecule has 3 aromatic rings. The van der Waals surface area contributed by atoms with Gasteiger partial charge in [0.2, 0.25) is 12.1 Å². The minimum Gasteiger partial charge on any atom is -0.452 e. The van der Waals surface area contributed by atoms with Crippen LogP contribution in [0.5, 0.6) is 5.88 Å². The largest absolute Gasteiger partial charge is 0.452 e. The molecule has 1 fully saturated rings. The van der Waals surface area contributed by atoms with Crippen LogP contribution in [0.25, 0.3) is 0 Å². The van der Waals surface area contributed by atoms with Gasteiger partial charge in [-0.15, -0.1) is 0 Å². The van der Waals surface area contributed by atoms with E-state index in [4.69, 9.17) is 23.1 Å². The highest BCUT2D eigenvalue weighted by atomic mass is 32.2. The number of nitrogens with zero attached hydrogens (tertiary/aromatic N) is 4. The van der Waals surface area contributed by atoms with Gasteiger partial charge in [-0.3, -0.25) is 18.8 Å². The number of nitrogens with one attached hydrogen (secondary N) is 1. The van der Waals surface area contributed by atoms with Crippen LogP contribution in [0.15, 0.2) is 61.9 Å². The molecule has 1 N–H and O–H groups in total. The van der Waals surface area contributed by atoms with Crippen molar-refractivity contribution in [1.29, 1.82) is 0 Å². The Bertz CT molecular complexity index is 2210. The van der Waals surface area contributed by atoms with E-state index < -0.39 is 97.6 Å². The number of esters is 1. The zero-order valence-corrected chi connectivity index (χ0v) is 37.5. The second-order valence-corrected chi connectivity index (χ2v) is 28.2. The third-order valence-corrected chi connectivity index (χ3v) is 21.1. The summed E-state index contributed by atoms with van der Waals surface area (Å²) in [4.78, 5) is 41.2. The number of carbonyl (C=O) groups excluding carboxylic acids is 2. The van der Waals surface area contributed by atoms with E-state index in [0.29, 0.717) is 4.57 Å². The zero-order valence-electron chi connectivity index (χ0n) is 34.7. The summed E-state index contributed by atoms with van der Waals surface area (Å²) in [6.45, 7) is 18.5. The molecule has 0 aliphatic carbocycles. The highest BCUT2D eigenvalue weighted by Crippen LogP contribution is 2.48. The first-order valence-corrected chi connectivity index (χ1v) is 25.9. The smallest absolute Gasteiger partial charge is 0.415 e. The molecular weight excluding hydrogens is 833 g/mol. The van der Waals surface area contributed by atoms with Crippen LogP contribution >= 0.6 is 0 Å².